The smallest absolute Gasteiger partial charge is 0.387 e. The monoisotopic (exact) mass is 461 g/mol. The first kappa shape index (κ1) is 21.8. The predicted molar refractivity (Wildman–Crippen MR) is 113 cm³/mol. The first-order valence-electron chi connectivity index (χ1n) is 9.80. The maximum absolute atomic E-state index is 12.6. The lowest BCUT2D eigenvalue weighted by molar-refractivity contribution is -0.119. The molecule has 0 fully saturated rings. The van der Waals surface area contributed by atoms with Gasteiger partial charge in [0.2, 0.25) is 0 Å². The SMILES string of the molecule is O=C(COC(=O)c1nn(-c2ccccc2)c2c1CCC2)Nc1ccc(OC(F)F)c(Cl)c1. The van der Waals surface area contributed by atoms with Gasteiger partial charge in [0, 0.05) is 16.9 Å². The highest BCUT2D eigenvalue weighted by Gasteiger charge is 2.28. The first-order chi connectivity index (χ1) is 15.4. The number of alkyl halides is 2. The van der Waals surface area contributed by atoms with Crippen LogP contribution in [0.1, 0.15) is 28.2 Å². The maximum atomic E-state index is 12.6. The Morgan fingerprint density at radius 1 is 1.16 bits per heavy atom. The van der Waals surface area contributed by atoms with Crippen molar-refractivity contribution < 1.29 is 27.8 Å². The summed E-state index contributed by atoms with van der Waals surface area (Å²) in [5, 5.41) is 6.82. The van der Waals surface area contributed by atoms with Crippen LogP contribution in [0.15, 0.2) is 48.5 Å². The molecule has 1 heterocycles. The zero-order valence-electron chi connectivity index (χ0n) is 16.7. The van der Waals surface area contributed by atoms with Gasteiger partial charge in [-0.2, -0.15) is 13.9 Å². The Morgan fingerprint density at radius 3 is 2.66 bits per heavy atom. The van der Waals surface area contributed by atoms with Crippen molar-refractivity contribution in [3.05, 3.63) is 70.5 Å². The topological polar surface area (TPSA) is 82.5 Å². The third-order valence-corrected chi connectivity index (χ3v) is 5.19. The van der Waals surface area contributed by atoms with Crippen LogP contribution in [0.2, 0.25) is 5.02 Å². The van der Waals surface area contributed by atoms with E-state index in [1.807, 2.05) is 30.3 Å². The number of para-hydroxylation sites is 1. The van der Waals surface area contributed by atoms with Gasteiger partial charge in [0.1, 0.15) is 5.75 Å². The van der Waals surface area contributed by atoms with Gasteiger partial charge in [0.25, 0.3) is 5.91 Å². The standard InChI is InChI=1S/C22H18ClF2N3O4/c23-16-11-13(9-10-18(16)32-22(24)25)26-19(29)12-31-21(30)20-15-7-4-8-17(15)28(27-20)14-5-2-1-3-6-14/h1-3,5-6,9-11,22H,4,7-8,12H2,(H,26,29). The van der Waals surface area contributed by atoms with E-state index in [9.17, 15) is 18.4 Å². The number of hydrogen-bond acceptors (Lipinski definition) is 5. The van der Waals surface area contributed by atoms with Crippen LogP contribution in [0.4, 0.5) is 14.5 Å². The molecule has 1 aliphatic rings. The minimum Gasteiger partial charge on any atom is -0.451 e. The zero-order chi connectivity index (χ0) is 22.7. The number of carbonyl (C=O) groups excluding carboxylic acids is 2. The number of amides is 1. The van der Waals surface area contributed by atoms with Crippen molar-refractivity contribution in [3.63, 3.8) is 0 Å². The van der Waals surface area contributed by atoms with Crippen molar-refractivity contribution in [2.75, 3.05) is 11.9 Å². The second kappa shape index (κ2) is 9.35. The summed E-state index contributed by atoms with van der Waals surface area (Å²) in [6.07, 6.45) is 2.42. The highest BCUT2D eigenvalue weighted by atomic mass is 35.5. The molecule has 0 radical (unpaired) electrons. The lowest BCUT2D eigenvalue weighted by atomic mass is 10.2. The molecular formula is C22H18ClF2N3O4. The number of benzene rings is 2. The van der Waals surface area contributed by atoms with Crippen molar-refractivity contribution >= 4 is 29.2 Å². The van der Waals surface area contributed by atoms with Gasteiger partial charge in [0.05, 0.1) is 10.7 Å². The number of aromatic nitrogens is 2. The summed E-state index contributed by atoms with van der Waals surface area (Å²) in [4.78, 5) is 24.8. The van der Waals surface area contributed by atoms with Gasteiger partial charge in [0.15, 0.2) is 12.3 Å². The molecule has 0 atom stereocenters. The van der Waals surface area contributed by atoms with Crippen molar-refractivity contribution in [3.8, 4) is 11.4 Å². The summed E-state index contributed by atoms with van der Waals surface area (Å²) in [5.41, 5.74) is 3.09. The molecule has 0 saturated carbocycles. The first-order valence-corrected chi connectivity index (χ1v) is 10.2. The van der Waals surface area contributed by atoms with Gasteiger partial charge in [-0.3, -0.25) is 4.79 Å². The van der Waals surface area contributed by atoms with Gasteiger partial charge >= 0.3 is 12.6 Å². The van der Waals surface area contributed by atoms with E-state index in [-0.39, 0.29) is 22.2 Å². The summed E-state index contributed by atoms with van der Waals surface area (Å²) >= 11 is 5.87. The Labute approximate surface area is 186 Å². The maximum Gasteiger partial charge on any atom is 0.387 e. The molecule has 2 aromatic carbocycles. The second-order valence-corrected chi connectivity index (χ2v) is 7.43. The van der Waals surface area contributed by atoms with Gasteiger partial charge in [-0.1, -0.05) is 29.8 Å². The molecule has 1 amide bonds. The Kier molecular flexibility index (Phi) is 6.36. The number of nitrogens with one attached hydrogen (secondary N) is 1. The number of carbonyl (C=O) groups is 2. The molecule has 0 bridgehead atoms. The number of hydrogen-bond donors (Lipinski definition) is 1. The van der Waals surface area contributed by atoms with Crippen molar-refractivity contribution in [2.24, 2.45) is 0 Å². The molecule has 1 N–H and O–H groups in total. The van der Waals surface area contributed by atoms with E-state index in [0.29, 0.717) is 6.42 Å². The molecule has 3 aromatic rings. The summed E-state index contributed by atoms with van der Waals surface area (Å²) in [7, 11) is 0. The lowest BCUT2D eigenvalue weighted by Crippen LogP contribution is -2.21. The number of ether oxygens (including phenoxy) is 2. The van der Waals surface area contributed by atoms with Gasteiger partial charge in [-0.05, 0) is 49.6 Å². The fourth-order valence-electron chi connectivity index (χ4n) is 3.55. The number of esters is 1. The van der Waals surface area contributed by atoms with Crippen molar-refractivity contribution in [1.29, 1.82) is 0 Å². The second-order valence-electron chi connectivity index (χ2n) is 7.02. The van der Waals surface area contributed by atoms with Crippen LogP contribution in [0, 0.1) is 0 Å². The summed E-state index contributed by atoms with van der Waals surface area (Å²) in [6, 6.07) is 13.3. The minimum atomic E-state index is -3.01. The zero-order valence-corrected chi connectivity index (χ0v) is 17.4. The Morgan fingerprint density at radius 2 is 1.94 bits per heavy atom. The summed E-state index contributed by atoms with van der Waals surface area (Å²) in [5.74, 6) is -1.52. The van der Waals surface area contributed by atoms with Crippen molar-refractivity contribution in [2.45, 2.75) is 25.9 Å². The van der Waals surface area contributed by atoms with E-state index in [1.165, 1.54) is 18.2 Å². The Balaban J connectivity index is 1.40. The number of rotatable bonds is 7. The number of fused-ring (bicyclic) bond motifs is 1. The largest absolute Gasteiger partial charge is 0.451 e. The number of nitrogens with zero attached hydrogens (tertiary/aromatic N) is 2. The van der Waals surface area contributed by atoms with Crippen LogP contribution >= 0.6 is 11.6 Å². The molecule has 0 saturated heterocycles. The molecule has 10 heteroatoms. The summed E-state index contributed by atoms with van der Waals surface area (Å²) < 4.78 is 35.8. The van der Waals surface area contributed by atoms with E-state index in [0.717, 1.165) is 29.8 Å². The van der Waals surface area contributed by atoms with Crippen LogP contribution in [0.3, 0.4) is 0 Å². The molecular weight excluding hydrogens is 444 g/mol. The quantitative estimate of drug-likeness (QED) is 0.527. The molecule has 166 valence electrons. The highest BCUT2D eigenvalue weighted by molar-refractivity contribution is 6.32. The van der Waals surface area contributed by atoms with E-state index >= 15 is 0 Å². The highest BCUT2D eigenvalue weighted by Crippen LogP contribution is 2.30. The molecule has 0 spiro atoms. The van der Waals surface area contributed by atoms with Crippen molar-refractivity contribution in [1.82, 2.24) is 9.78 Å². The fourth-order valence-corrected chi connectivity index (χ4v) is 3.78. The molecule has 1 aliphatic carbocycles. The summed E-state index contributed by atoms with van der Waals surface area (Å²) in [6.45, 7) is -3.56. The van der Waals surface area contributed by atoms with E-state index in [4.69, 9.17) is 16.3 Å². The number of anilines is 1. The average molecular weight is 462 g/mol. The fraction of sp³-hybridized carbons (Fsp3) is 0.227. The van der Waals surface area contributed by atoms with Crippen LogP contribution in [-0.4, -0.2) is 34.9 Å². The van der Waals surface area contributed by atoms with E-state index in [1.54, 1.807) is 4.68 Å². The predicted octanol–water partition coefficient (Wildman–Crippen LogP) is 4.41. The normalized spacial score (nSPS) is 12.5. The number of halogens is 3. The third-order valence-electron chi connectivity index (χ3n) is 4.89. The third kappa shape index (κ3) is 4.72. The molecule has 1 aromatic heterocycles. The minimum absolute atomic E-state index is 0.0953. The van der Waals surface area contributed by atoms with Gasteiger partial charge in [-0.15, -0.1) is 0 Å². The Bertz CT molecular complexity index is 1150. The van der Waals surface area contributed by atoms with Crippen LogP contribution < -0.4 is 10.1 Å². The molecule has 4 rings (SSSR count). The molecule has 0 unspecified atom stereocenters. The van der Waals surface area contributed by atoms with Crippen LogP contribution in [0.25, 0.3) is 5.69 Å². The molecule has 0 aliphatic heterocycles. The van der Waals surface area contributed by atoms with Gasteiger partial charge < -0.3 is 14.8 Å². The van der Waals surface area contributed by atoms with Crippen LogP contribution in [0.5, 0.6) is 5.75 Å². The van der Waals surface area contributed by atoms with Crippen LogP contribution in [-0.2, 0) is 22.4 Å². The van der Waals surface area contributed by atoms with Gasteiger partial charge in [-0.25, -0.2) is 9.48 Å². The molecule has 7 nitrogen and oxygen atoms in total. The van der Waals surface area contributed by atoms with E-state index < -0.39 is 25.1 Å². The molecule has 32 heavy (non-hydrogen) atoms. The average Bonchev–Trinajstić information content (AvgIpc) is 3.37. The lowest BCUT2D eigenvalue weighted by Gasteiger charge is -2.10. The van der Waals surface area contributed by atoms with E-state index in [2.05, 4.69) is 15.2 Å². The Hall–Kier alpha value is -3.46.